The Kier molecular flexibility index (Phi) is 4.19. The number of aromatic hydroxyl groups is 1. The third-order valence-corrected chi connectivity index (χ3v) is 3.99. The highest BCUT2D eigenvalue weighted by molar-refractivity contribution is 5.18. The Morgan fingerprint density at radius 1 is 1.39 bits per heavy atom. The minimum absolute atomic E-state index is 0.147. The minimum Gasteiger partial charge on any atom is -0.506 e. The summed E-state index contributed by atoms with van der Waals surface area (Å²) in [5.41, 5.74) is 0.741. The van der Waals surface area contributed by atoms with Gasteiger partial charge in [0.1, 0.15) is 5.75 Å². The zero-order valence-corrected chi connectivity index (χ0v) is 10.9. The number of aliphatic hydroxyl groups is 1. The molecule has 0 atom stereocenters. The summed E-state index contributed by atoms with van der Waals surface area (Å²) in [5, 5.41) is 22.3. The summed E-state index contributed by atoms with van der Waals surface area (Å²) < 4.78 is 0. The van der Waals surface area contributed by atoms with Crippen molar-refractivity contribution >= 4 is 0 Å². The third-order valence-electron chi connectivity index (χ3n) is 3.99. The van der Waals surface area contributed by atoms with Crippen LogP contribution in [0.15, 0.2) is 18.3 Å². The van der Waals surface area contributed by atoms with Crippen LogP contribution in [-0.2, 0) is 6.54 Å². The molecule has 0 amide bonds. The van der Waals surface area contributed by atoms with Crippen molar-refractivity contribution in [1.29, 1.82) is 0 Å². The first-order valence-electron chi connectivity index (χ1n) is 6.63. The van der Waals surface area contributed by atoms with Crippen molar-refractivity contribution in [3.05, 3.63) is 24.0 Å². The standard InChI is InChI=1S/C14H22N2O2/c1-11-4-6-14(10-17,7-5-11)16-8-12-2-3-13(18)9-15-12/h2-3,9,11,16-18H,4-8,10H2,1H3. The second-order valence-corrected chi connectivity index (χ2v) is 5.48. The van der Waals surface area contributed by atoms with Crippen LogP contribution < -0.4 is 5.32 Å². The normalized spacial score (nSPS) is 28.2. The SMILES string of the molecule is CC1CCC(CO)(NCc2ccc(O)cn2)CC1. The van der Waals surface area contributed by atoms with Crippen molar-refractivity contribution in [2.24, 2.45) is 5.92 Å². The van der Waals surface area contributed by atoms with Crippen molar-refractivity contribution in [3.63, 3.8) is 0 Å². The number of hydrogen-bond donors (Lipinski definition) is 3. The van der Waals surface area contributed by atoms with E-state index in [4.69, 9.17) is 0 Å². The summed E-state index contributed by atoms with van der Waals surface area (Å²) in [7, 11) is 0. The average Bonchev–Trinajstić information content (AvgIpc) is 2.41. The predicted molar refractivity (Wildman–Crippen MR) is 70.2 cm³/mol. The number of nitrogens with one attached hydrogen (secondary N) is 1. The maximum absolute atomic E-state index is 9.63. The predicted octanol–water partition coefficient (Wildman–Crippen LogP) is 1.82. The molecule has 1 aliphatic rings. The maximum atomic E-state index is 9.63. The summed E-state index contributed by atoms with van der Waals surface area (Å²) >= 11 is 0. The fourth-order valence-corrected chi connectivity index (χ4v) is 2.50. The molecule has 0 saturated heterocycles. The van der Waals surface area contributed by atoms with Crippen LogP contribution in [0.5, 0.6) is 5.75 Å². The van der Waals surface area contributed by atoms with Gasteiger partial charge in [-0.25, -0.2) is 0 Å². The van der Waals surface area contributed by atoms with Crippen LogP contribution in [0.2, 0.25) is 0 Å². The Balaban J connectivity index is 1.92. The Labute approximate surface area is 108 Å². The zero-order chi connectivity index (χ0) is 13.0. The fourth-order valence-electron chi connectivity index (χ4n) is 2.50. The number of aliphatic hydroxyl groups excluding tert-OH is 1. The molecule has 1 heterocycles. The Morgan fingerprint density at radius 3 is 2.67 bits per heavy atom. The lowest BCUT2D eigenvalue weighted by Gasteiger charge is -2.39. The van der Waals surface area contributed by atoms with Crippen LogP contribution in [0.3, 0.4) is 0 Å². The molecule has 1 aromatic heterocycles. The first-order chi connectivity index (χ1) is 8.63. The summed E-state index contributed by atoms with van der Waals surface area (Å²) in [5.74, 6) is 0.945. The first-order valence-corrected chi connectivity index (χ1v) is 6.63. The van der Waals surface area contributed by atoms with Gasteiger partial charge >= 0.3 is 0 Å². The highest BCUT2D eigenvalue weighted by Crippen LogP contribution is 2.31. The largest absolute Gasteiger partial charge is 0.506 e. The number of aromatic nitrogens is 1. The van der Waals surface area contributed by atoms with Crippen molar-refractivity contribution in [3.8, 4) is 5.75 Å². The van der Waals surface area contributed by atoms with E-state index in [0.29, 0.717) is 6.54 Å². The molecular formula is C14H22N2O2. The minimum atomic E-state index is -0.147. The van der Waals surface area contributed by atoms with Crippen LogP contribution >= 0.6 is 0 Å². The van der Waals surface area contributed by atoms with Gasteiger partial charge in [0.25, 0.3) is 0 Å². The molecule has 0 spiro atoms. The maximum Gasteiger partial charge on any atom is 0.133 e. The van der Waals surface area contributed by atoms with E-state index in [1.54, 1.807) is 12.1 Å². The van der Waals surface area contributed by atoms with E-state index in [-0.39, 0.29) is 17.9 Å². The van der Waals surface area contributed by atoms with E-state index < -0.39 is 0 Å². The number of hydrogen-bond acceptors (Lipinski definition) is 4. The van der Waals surface area contributed by atoms with Gasteiger partial charge in [-0.1, -0.05) is 6.92 Å². The third kappa shape index (κ3) is 3.21. The molecule has 1 aliphatic carbocycles. The van der Waals surface area contributed by atoms with Crippen LogP contribution in [0.4, 0.5) is 0 Å². The van der Waals surface area contributed by atoms with Crippen molar-refractivity contribution in [2.75, 3.05) is 6.61 Å². The van der Waals surface area contributed by atoms with E-state index in [9.17, 15) is 10.2 Å². The Morgan fingerprint density at radius 2 is 2.11 bits per heavy atom. The number of rotatable bonds is 4. The fraction of sp³-hybridized carbons (Fsp3) is 0.643. The Hall–Kier alpha value is -1.13. The molecule has 0 radical (unpaired) electrons. The molecule has 1 aromatic rings. The van der Waals surface area contributed by atoms with E-state index in [1.807, 2.05) is 0 Å². The second kappa shape index (κ2) is 5.67. The van der Waals surface area contributed by atoms with Gasteiger partial charge in [0.05, 0.1) is 18.5 Å². The second-order valence-electron chi connectivity index (χ2n) is 5.48. The van der Waals surface area contributed by atoms with E-state index in [2.05, 4.69) is 17.2 Å². The van der Waals surface area contributed by atoms with Gasteiger partial charge in [-0.2, -0.15) is 0 Å². The topological polar surface area (TPSA) is 65.4 Å². The van der Waals surface area contributed by atoms with Crippen molar-refractivity contribution in [2.45, 2.75) is 44.7 Å². The van der Waals surface area contributed by atoms with E-state index >= 15 is 0 Å². The average molecular weight is 250 g/mol. The van der Waals surface area contributed by atoms with Gasteiger partial charge in [-0.05, 0) is 43.7 Å². The van der Waals surface area contributed by atoms with Gasteiger partial charge in [0.15, 0.2) is 0 Å². The van der Waals surface area contributed by atoms with Crippen molar-refractivity contribution < 1.29 is 10.2 Å². The molecule has 18 heavy (non-hydrogen) atoms. The molecule has 0 bridgehead atoms. The molecule has 4 heteroatoms. The lowest BCUT2D eigenvalue weighted by molar-refractivity contribution is 0.104. The van der Waals surface area contributed by atoms with Crippen LogP contribution in [0, 0.1) is 5.92 Å². The summed E-state index contributed by atoms with van der Waals surface area (Å²) in [4.78, 5) is 4.15. The smallest absolute Gasteiger partial charge is 0.133 e. The number of pyridine rings is 1. The van der Waals surface area contributed by atoms with Gasteiger partial charge in [-0.15, -0.1) is 0 Å². The van der Waals surface area contributed by atoms with Gasteiger partial charge in [-0.3, -0.25) is 4.98 Å². The number of nitrogens with zero attached hydrogens (tertiary/aromatic N) is 1. The van der Waals surface area contributed by atoms with Crippen LogP contribution in [0.25, 0.3) is 0 Å². The molecule has 1 fully saturated rings. The quantitative estimate of drug-likeness (QED) is 0.762. The van der Waals surface area contributed by atoms with Gasteiger partial charge in [0, 0.05) is 12.1 Å². The first kappa shape index (κ1) is 13.3. The summed E-state index contributed by atoms with van der Waals surface area (Å²) in [6.07, 6.45) is 5.81. The monoisotopic (exact) mass is 250 g/mol. The highest BCUT2D eigenvalue weighted by Gasteiger charge is 2.32. The van der Waals surface area contributed by atoms with Gasteiger partial charge in [0.2, 0.25) is 0 Å². The van der Waals surface area contributed by atoms with E-state index in [1.165, 1.54) is 6.20 Å². The lowest BCUT2D eigenvalue weighted by atomic mass is 9.77. The van der Waals surface area contributed by atoms with E-state index in [0.717, 1.165) is 37.3 Å². The molecule has 0 aromatic carbocycles. The van der Waals surface area contributed by atoms with Crippen molar-refractivity contribution in [1.82, 2.24) is 10.3 Å². The molecule has 0 aliphatic heterocycles. The molecular weight excluding hydrogens is 228 g/mol. The highest BCUT2D eigenvalue weighted by atomic mass is 16.3. The summed E-state index contributed by atoms with van der Waals surface area (Å²) in [6, 6.07) is 3.44. The lowest BCUT2D eigenvalue weighted by Crippen LogP contribution is -2.50. The molecule has 1 saturated carbocycles. The van der Waals surface area contributed by atoms with Gasteiger partial charge < -0.3 is 15.5 Å². The molecule has 2 rings (SSSR count). The summed E-state index contributed by atoms with van der Waals surface area (Å²) in [6.45, 7) is 3.08. The zero-order valence-electron chi connectivity index (χ0n) is 10.9. The van der Waals surface area contributed by atoms with Crippen LogP contribution in [0.1, 0.15) is 38.3 Å². The molecule has 4 nitrogen and oxygen atoms in total. The Bertz CT molecular complexity index is 370. The molecule has 3 N–H and O–H groups in total. The molecule has 100 valence electrons. The van der Waals surface area contributed by atoms with Crippen LogP contribution in [-0.4, -0.2) is 27.3 Å². The molecule has 0 unspecified atom stereocenters.